The second-order valence-electron chi connectivity index (χ2n) is 6.49. The van der Waals surface area contributed by atoms with Gasteiger partial charge in [0.2, 0.25) is 0 Å². The van der Waals surface area contributed by atoms with Crippen LogP contribution in [0.5, 0.6) is 11.5 Å². The van der Waals surface area contributed by atoms with Gasteiger partial charge in [0.05, 0.1) is 4.75 Å². The summed E-state index contributed by atoms with van der Waals surface area (Å²) in [6.45, 7) is 9.77. The van der Waals surface area contributed by atoms with Crippen LogP contribution >= 0.6 is 0 Å². The Morgan fingerprint density at radius 2 is 1.65 bits per heavy atom. The van der Waals surface area contributed by atoms with E-state index in [9.17, 15) is 4.21 Å². The highest BCUT2D eigenvalue weighted by Gasteiger charge is 2.18. The summed E-state index contributed by atoms with van der Waals surface area (Å²) < 4.78 is 21.8. The lowest BCUT2D eigenvalue weighted by Gasteiger charge is -2.13. The van der Waals surface area contributed by atoms with Crippen LogP contribution in [0.1, 0.15) is 37.5 Å². The molecular formula is C19H23NO2S. The first-order chi connectivity index (χ1) is 10.8. The van der Waals surface area contributed by atoms with Gasteiger partial charge in [-0.2, -0.15) is 4.40 Å². The number of benzene rings is 2. The van der Waals surface area contributed by atoms with E-state index in [0.29, 0.717) is 0 Å². The van der Waals surface area contributed by atoms with Crippen LogP contribution < -0.4 is 4.74 Å². The zero-order chi connectivity index (χ0) is 17.0. The van der Waals surface area contributed by atoms with E-state index in [1.54, 1.807) is 6.21 Å². The smallest absolute Gasteiger partial charge is 0.144 e. The van der Waals surface area contributed by atoms with E-state index in [0.717, 1.165) is 28.2 Å². The molecule has 0 aromatic heterocycles. The average molecular weight is 329 g/mol. The molecule has 0 aliphatic carbocycles. The predicted octanol–water partition coefficient (Wildman–Crippen LogP) is 4.98. The first kappa shape index (κ1) is 17.4. The van der Waals surface area contributed by atoms with Crippen molar-refractivity contribution in [3.05, 3.63) is 59.2 Å². The zero-order valence-corrected chi connectivity index (χ0v) is 15.1. The highest BCUT2D eigenvalue weighted by atomic mass is 32.2. The summed E-state index contributed by atoms with van der Waals surface area (Å²) in [5, 5.41) is 0. The third kappa shape index (κ3) is 4.76. The molecule has 0 radical (unpaired) electrons. The van der Waals surface area contributed by atoms with E-state index >= 15 is 0 Å². The Morgan fingerprint density at radius 1 is 1.04 bits per heavy atom. The average Bonchev–Trinajstić information content (AvgIpc) is 2.48. The maximum absolute atomic E-state index is 12.0. The minimum Gasteiger partial charge on any atom is -0.457 e. The molecule has 0 saturated carbocycles. The molecule has 2 aromatic carbocycles. The molecule has 2 aromatic rings. The molecule has 4 heteroatoms. The molecule has 2 rings (SSSR count). The van der Waals surface area contributed by atoms with Gasteiger partial charge in [-0.3, -0.25) is 0 Å². The van der Waals surface area contributed by atoms with Crippen LogP contribution in [0.25, 0.3) is 0 Å². The van der Waals surface area contributed by atoms with E-state index in [-0.39, 0.29) is 4.75 Å². The van der Waals surface area contributed by atoms with Gasteiger partial charge in [0.1, 0.15) is 22.5 Å². The van der Waals surface area contributed by atoms with E-state index in [1.807, 2.05) is 77.1 Å². The fourth-order valence-electron chi connectivity index (χ4n) is 2.00. The van der Waals surface area contributed by atoms with E-state index in [2.05, 4.69) is 4.40 Å². The van der Waals surface area contributed by atoms with Crippen molar-refractivity contribution in [3.63, 3.8) is 0 Å². The third-order valence-corrected chi connectivity index (χ3v) is 4.65. The van der Waals surface area contributed by atoms with Gasteiger partial charge >= 0.3 is 0 Å². The van der Waals surface area contributed by atoms with Gasteiger partial charge in [0.25, 0.3) is 0 Å². The molecule has 0 amide bonds. The van der Waals surface area contributed by atoms with Crippen LogP contribution in [0.15, 0.2) is 46.9 Å². The van der Waals surface area contributed by atoms with Gasteiger partial charge < -0.3 is 4.74 Å². The summed E-state index contributed by atoms with van der Waals surface area (Å²) in [6.07, 6.45) is 1.64. The van der Waals surface area contributed by atoms with E-state index in [1.165, 1.54) is 0 Å². The number of ether oxygens (including phenoxy) is 1. The SMILES string of the molecule is Cc1cccc(C)c1Oc1cccc(C=N[S@](=O)C(C)(C)C)c1. The monoisotopic (exact) mass is 329 g/mol. The van der Waals surface area contributed by atoms with Gasteiger partial charge in [0, 0.05) is 6.21 Å². The number of rotatable bonds is 4. The fraction of sp³-hybridized carbons (Fsp3) is 0.316. The van der Waals surface area contributed by atoms with Crippen LogP contribution in [0, 0.1) is 13.8 Å². The van der Waals surface area contributed by atoms with Crippen LogP contribution in [-0.2, 0) is 11.0 Å². The summed E-state index contributed by atoms with van der Waals surface area (Å²) in [5.74, 6) is 1.62. The largest absolute Gasteiger partial charge is 0.457 e. The molecule has 0 spiro atoms. The number of nitrogens with zero attached hydrogens (tertiary/aromatic N) is 1. The molecule has 122 valence electrons. The predicted molar refractivity (Wildman–Crippen MR) is 97.9 cm³/mol. The quantitative estimate of drug-likeness (QED) is 0.742. The summed E-state index contributed by atoms with van der Waals surface area (Å²) in [7, 11) is -1.26. The number of aryl methyl sites for hydroxylation is 2. The highest BCUT2D eigenvalue weighted by Crippen LogP contribution is 2.28. The maximum Gasteiger partial charge on any atom is 0.144 e. The van der Waals surface area contributed by atoms with Crippen molar-refractivity contribution < 1.29 is 8.95 Å². The molecule has 23 heavy (non-hydrogen) atoms. The van der Waals surface area contributed by atoms with Crippen molar-refractivity contribution >= 4 is 17.2 Å². The Hall–Kier alpha value is -1.94. The summed E-state index contributed by atoms with van der Waals surface area (Å²) in [5.41, 5.74) is 3.06. The number of hydrogen-bond donors (Lipinski definition) is 0. The Labute approximate surface area is 141 Å². The summed E-state index contributed by atoms with van der Waals surface area (Å²) in [4.78, 5) is 0. The Bertz CT molecular complexity index is 725. The molecular weight excluding hydrogens is 306 g/mol. The van der Waals surface area contributed by atoms with Gasteiger partial charge in [-0.25, -0.2) is 4.21 Å². The third-order valence-electron chi connectivity index (χ3n) is 3.31. The van der Waals surface area contributed by atoms with Gasteiger partial charge in [-0.05, 0) is 63.4 Å². The van der Waals surface area contributed by atoms with E-state index in [4.69, 9.17) is 4.74 Å². The minimum atomic E-state index is -1.26. The van der Waals surface area contributed by atoms with E-state index < -0.39 is 11.0 Å². The van der Waals surface area contributed by atoms with Gasteiger partial charge in [-0.1, -0.05) is 30.3 Å². The van der Waals surface area contributed by atoms with Crippen molar-refractivity contribution in [2.24, 2.45) is 4.40 Å². The van der Waals surface area contributed by atoms with Crippen molar-refractivity contribution in [2.75, 3.05) is 0 Å². The normalized spacial score (nSPS) is 13.3. The molecule has 0 heterocycles. The maximum atomic E-state index is 12.0. The molecule has 0 aliphatic heterocycles. The minimum absolute atomic E-state index is 0.358. The molecule has 1 atom stereocenters. The molecule has 0 bridgehead atoms. The summed E-state index contributed by atoms with van der Waals surface area (Å²) >= 11 is 0. The van der Waals surface area contributed by atoms with Crippen molar-refractivity contribution in [3.8, 4) is 11.5 Å². The van der Waals surface area contributed by atoms with Crippen LogP contribution in [0.3, 0.4) is 0 Å². The topological polar surface area (TPSA) is 38.7 Å². The fourth-order valence-corrected chi connectivity index (χ4v) is 2.54. The highest BCUT2D eigenvalue weighted by molar-refractivity contribution is 7.85. The Morgan fingerprint density at radius 3 is 2.26 bits per heavy atom. The van der Waals surface area contributed by atoms with Gasteiger partial charge in [-0.15, -0.1) is 0 Å². The summed E-state index contributed by atoms with van der Waals surface area (Å²) in [6, 6.07) is 13.7. The first-order valence-electron chi connectivity index (χ1n) is 7.57. The second kappa shape index (κ2) is 7.09. The van der Waals surface area contributed by atoms with Gasteiger partial charge in [0.15, 0.2) is 0 Å². The van der Waals surface area contributed by atoms with Crippen LogP contribution in [0.2, 0.25) is 0 Å². The van der Waals surface area contributed by atoms with Crippen molar-refractivity contribution in [2.45, 2.75) is 39.4 Å². The van der Waals surface area contributed by atoms with Crippen LogP contribution in [0.4, 0.5) is 0 Å². The lowest BCUT2D eigenvalue weighted by molar-refractivity contribution is 0.475. The zero-order valence-electron chi connectivity index (χ0n) is 14.3. The molecule has 0 unspecified atom stereocenters. The van der Waals surface area contributed by atoms with Crippen LogP contribution in [-0.4, -0.2) is 15.2 Å². The standard InChI is InChI=1S/C19H23NO2S/c1-14-8-6-9-15(2)18(14)22-17-11-7-10-16(12-17)13-20-23(21)19(3,4)5/h6-13H,1-5H3/t23-/m1/s1. The Balaban J connectivity index is 2.21. The Kier molecular flexibility index (Phi) is 5.37. The molecule has 0 saturated heterocycles. The molecule has 0 fully saturated rings. The molecule has 0 aliphatic rings. The molecule has 3 nitrogen and oxygen atoms in total. The lowest BCUT2D eigenvalue weighted by Crippen LogP contribution is -2.19. The number of hydrogen-bond acceptors (Lipinski definition) is 2. The lowest BCUT2D eigenvalue weighted by atomic mass is 10.1. The first-order valence-corrected chi connectivity index (χ1v) is 8.68. The number of para-hydroxylation sites is 1. The van der Waals surface area contributed by atoms with Crippen molar-refractivity contribution in [1.82, 2.24) is 0 Å². The second-order valence-corrected chi connectivity index (χ2v) is 8.43. The van der Waals surface area contributed by atoms with Crippen molar-refractivity contribution in [1.29, 1.82) is 0 Å². The molecule has 0 N–H and O–H groups in total.